The van der Waals surface area contributed by atoms with Gasteiger partial charge in [-0.15, -0.1) is 0 Å². The van der Waals surface area contributed by atoms with Crippen LogP contribution in [0.2, 0.25) is 0 Å². The minimum absolute atomic E-state index is 0.459. The smallest absolute Gasteiger partial charge is 0.216 e. The SMILES string of the molecule is CCc1n[nH]c(=S)n1/N=C/c1ccc(OCc2ccc(Br)cc2)c(OC)c1. The number of H-pyrrole nitrogens is 1. The van der Waals surface area contributed by atoms with Gasteiger partial charge in [0.05, 0.1) is 13.3 Å². The van der Waals surface area contributed by atoms with Crippen molar-refractivity contribution in [3.05, 3.63) is 68.7 Å². The van der Waals surface area contributed by atoms with Crippen LogP contribution in [0, 0.1) is 4.77 Å². The zero-order valence-electron chi connectivity index (χ0n) is 15.0. The summed E-state index contributed by atoms with van der Waals surface area (Å²) in [6.07, 6.45) is 2.45. The topological polar surface area (TPSA) is 64.4 Å². The maximum atomic E-state index is 5.89. The fourth-order valence-corrected chi connectivity index (χ4v) is 2.88. The highest BCUT2D eigenvalue weighted by Gasteiger charge is 2.07. The van der Waals surface area contributed by atoms with Gasteiger partial charge in [-0.3, -0.25) is 5.10 Å². The third-order valence-electron chi connectivity index (χ3n) is 3.85. The van der Waals surface area contributed by atoms with Crippen molar-refractivity contribution in [2.75, 3.05) is 7.11 Å². The third-order valence-corrected chi connectivity index (χ3v) is 4.64. The second-order valence-electron chi connectivity index (χ2n) is 5.68. The molecule has 0 amide bonds. The molecule has 1 heterocycles. The molecule has 0 atom stereocenters. The van der Waals surface area contributed by atoms with Gasteiger partial charge in [0.1, 0.15) is 6.61 Å². The summed E-state index contributed by atoms with van der Waals surface area (Å²) in [7, 11) is 1.62. The molecule has 0 unspecified atom stereocenters. The van der Waals surface area contributed by atoms with Gasteiger partial charge in [-0.25, -0.2) is 0 Å². The minimum atomic E-state index is 0.459. The van der Waals surface area contributed by atoms with Crippen LogP contribution >= 0.6 is 28.1 Å². The molecule has 0 spiro atoms. The van der Waals surface area contributed by atoms with Gasteiger partial charge in [0, 0.05) is 10.9 Å². The fraction of sp³-hybridized carbons (Fsp3) is 0.211. The highest BCUT2D eigenvalue weighted by Crippen LogP contribution is 2.28. The van der Waals surface area contributed by atoms with Gasteiger partial charge in [0.15, 0.2) is 17.3 Å². The molecule has 0 fully saturated rings. The van der Waals surface area contributed by atoms with Crippen molar-refractivity contribution in [1.29, 1.82) is 0 Å². The summed E-state index contributed by atoms with van der Waals surface area (Å²) in [6.45, 7) is 2.46. The highest BCUT2D eigenvalue weighted by atomic mass is 79.9. The van der Waals surface area contributed by atoms with Gasteiger partial charge in [-0.1, -0.05) is 35.0 Å². The second-order valence-corrected chi connectivity index (χ2v) is 6.98. The number of nitrogens with zero attached hydrogens (tertiary/aromatic N) is 3. The molecule has 3 rings (SSSR count). The van der Waals surface area contributed by atoms with E-state index in [-0.39, 0.29) is 0 Å². The standard InChI is InChI=1S/C19H19BrN4O2S/c1-3-18-22-23-19(27)24(18)21-11-14-6-9-16(17(10-14)25-2)26-12-13-4-7-15(20)8-5-13/h4-11H,3,12H2,1-2H3,(H,23,27)/b21-11+. The summed E-state index contributed by atoms with van der Waals surface area (Å²) in [6, 6.07) is 13.7. The molecule has 0 aliphatic rings. The van der Waals surface area contributed by atoms with Gasteiger partial charge < -0.3 is 9.47 Å². The highest BCUT2D eigenvalue weighted by molar-refractivity contribution is 9.10. The molecule has 0 bridgehead atoms. The number of hydrogen-bond acceptors (Lipinski definition) is 5. The number of aromatic nitrogens is 3. The van der Waals surface area contributed by atoms with E-state index < -0.39 is 0 Å². The van der Waals surface area contributed by atoms with E-state index in [2.05, 4.69) is 31.2 Å². The summed E-state index contributed by atoms with van der Waals surface area (Å²) in [5.41, 5.74) is 1.94. The van der Waals surface area contributed by atoms with E-state index in [0.29, 0.717) is 22.9 Å². The van der Waals surface area contributed by atoms with Crippen LogP contribution in [0.15, 0.2) is 52.0 Å². The number of ether oxygens (including phenoxy) is 2. The Balaban J connectivity index is 1.75. The number of rotatable bonds is 7. The van der Waals surface area contributed by atoms with E-state index in [4.69, 9.17) is 21.7 Å². The Bertz CT molecular complexity index is 996. The van der Waals surface area contributed by atoms with E-state index in [0.717, 1.165) is 27.8 Å². The summed E-state index contributed by atoms with van der Waals surface area (Å²) < 4.78 is 14.5. The van der Waals surface area contributed by atoms with E-state index in [1.165, 1.54) is 0 Å². The molecule has 2 aromatic carbocycles. The quantitative estimate of drug-likeness (QED) is 0.420. The van der Waals surface area contributed by atoms with Gasteiger partial charge in [0.2, 0.25) is 4.77 Å². The van der Waals surface area contributed by atoms with Crippen molar-refractivity contribution in [1.82, 2.24) is 14.9 Å². The normalized spacial score (nSPS) is 11.1. The van der Waals surface area contributed by atoms with E-state index >= 15 is 0 Å². The number of hydrogen-bond donors (Lipinski definition) is 1. The van der Waals surface area contributed by atoms with Crippen molar-refractivity contribution in [3.63, 3.8) is 0 Å². The molecule has 1 N–H and O–H groups in total. The van der Waals surface area contributed by atoms with Crippen molar-refractivity contribution in [2.24, 2.45) is 5.10 Å². The minimum Gasteiger partial charge on any atom is -0.493 e. The maximum Gasteiger partial charge on any atom is 0.216 e. The molecular formula is C19H19BrN4O2S. The lowest BCUT2D eigenvalue weighted by Gasteiger charge is -2.11. The van der Waals surface area contributed by atoms with E-state index in [1.807, 2.05) is 49.4 Å². The predicted octanol–water partition coefficient (Wildman–Crippen LogP) is 4.74. The third kappa shape index (κ3) is 4.84. The molecule has 0 aliphatic carbocycles. The van der Waals surface area contributed by atoms with E-state index in [9.17, 15) is 0 Å². The lowest BCUT2D eigenvalue weighted by molar-refractivity contribution is 0.284. The van der Waals surface area contributed by atoms with Crippen LogP contribution in [-0.2, 0) is 13.0 Å². The van der Waals surface area contributed by atoms with Crippen LogP contribution in [0.5, 0.6) is 11.5 Å². The Morgan fingerprint density at radius 2 is 2.00 bits per heavy atom. The molecule has 8 heteroatoms. The van der Waals surface area contributed by atoms with Crippen molar-refractivity contribution in [3.8, 4) is 11.5 Å². The molecule has 0 saturated carbocycles. The monoisotopic (exact) mass is 446 g/mol. The van der Waals surface area contributed by atoms with E-state index in [1.54, 1.807) is 18.0 Å². The van der Waals surface area contributed by atoms with Gasteiger partial charge in [-0.2, -0.15) is 14.9 Å². The summed E-state index contributed by atoms with van der Waals surface area (Å²) in [5, 5.41) is 11.3. The zero-order chi connectivity index (χ0) is 19.2. The first-order valence-corrected chi connectivity index (χ1v) is 9.56. The first-order valence-electron chi connectivity index (χ1n) is 8.36. The molecule has 3 aromatic rings. The predicted molar refractivity (Wildman–Crippen MR) is 111 cm³/mol. The molecule has 0 radical (unpaired) electrons. The average Bonchev–Trinajstić information content (AvgIpc) is 3.05. The molecule has 0 saturated heterocycles. The largest absolute Gasteiger partial charge is 0.493 e. The molecule has 140 valence electrons. The van der Waals surface area contributed by atoms with Crippen LogP contribution in [0.3, 0.4) is 0 Å². The van der Waals surface area contributed by atoms with Crippen LogP contribution in [-0.4, -0.2) is 28.2 Å². The first-order chi connectivity index (χ1) is 13.1. The van der Waals surface area contributed by atoms with Gasteiger partial charge >= 0.3 is 0 Å². The van der Waals surface area contributed by atoms with Crippen molar-refractivity contribution in [2.45, 2.75) is 20.0 Å². The summed E-state index contributed by atoms with van der Waals surface area (Å²) in [4.78, 5) is 0. The van der Waals surface area contributed by atoms with Crippen LogP contribution in [0.25, 0.3) is 0 Å². The molecule has 27 heavy (non-hydrogen) atoms. The second kappa shape index (κ2) is 8.96. The van der Waals surface area contributed by atoms with Crippen LogP contribution in [0.4, 0.5) is 0 Å². The van der Waals surface area contributed by atoms with Gasteiger partial charge in [-0.05, 0) is 53.7 Å². The number of halogens is 1. The lowest BCUT2D eigenvalue weighted by Crippen LogP contribution is -1.99. The summed E-state index contributed by atoms with van der Waals surface area (Å²) >= 11 is 8.62. The number of nitrogens with one attached hydrogen (secondary N) is 1. The number of benzene rings is 2. The summed E-state index contributed by atoms with van der Waals surface area (Å²) in [5.74, 6) is 2.09. The van der Waals surface area contributed by atoms with Gasteiger partial charge in [0.25, 0.3) is 0 Å². The Labute approximate surface area is 171 Å². The molecular weight excluding hydrogens is 428 g/mol. The fourth-order valence-electron chi connectivity index (χ4n) is 2.42. The van der Waals surface area contributed by atoms with Crippen LogP contribution in [0.1, 0.15) is 23.9 Å². The lowest BCUT2D eigenvalue weighted by atomic mass is 10.2. The number of aryl methyl sites for hydroxylation is 1. The average molecular weight is 447 g/mol. The molecule has 0 aliphatic heterocycles. The Morgan fingerprint density at radius 3 is 2.70 bits per heavy atom. The maximum absolute atomic E-state index is 5.89. The number of methoxy groups -OCH3 is 1. The molecule has 6 nitrogen and oxygen atoms in total. The Kier molecular flexibility index (Phi) is 6.41. The molecule has 1 aromatic heterocycles. The van der Waals surface area contributed by atoms with Crippen molar-refractivity contribution < 1.29 is 9.47 Å². The first kappa shape index (κ1) is 19.3. The number of aromatic amines is 1. The zero-order valence-corrected chi connectivity index (χ0v) is 17.4. The van der Waals surface area contributed by atoms with Crippen LogP contribution < -0.4 is 9.47 Å². The van der Waals surface area contributed by atoms with Crippen molar-refractivity contribution >= 4 is 34.4 Å². The Hall–Kier alpha value is -2.45. The Morgan fingerprint density at radius 1 is 1.22 bits per heavy atom.